The molecule has 1 aliphatic heterocycles. The van der Waals surface area contributed by atoms with Crippen LogP contribution in [0.5, 0.6) is 0 Å². The predicted molar refractivity (Wildman–Crippen MR) is 78.1 cm³/mol. The summed E-state index contributed by atoms with van der Waals surface area (Å²) in [6.45, 7) is 8.28. The summed E-state index contributed by atoms with van der Waals surface area (Å²) in [5, 5.41) is 3.50. The minimum Gasteiger partial charge on any atom is -0.349 e. The van der Waals surface area contributed by atoms with Crippen LogP contribution in [0, 0.1) is 13.8 Å². The Hall–Kier alpha value is -0.810. The summed E-state index contributed by atoms with van der Waals surface area (Å²) in [4.78, 5) is 0. The minimum absolute atomic E-state index is 0.332. The van der Waals surface area contributed by atoms with Crippen molar-refractivity contribution < 1.29 is 8.42 Å². The van der Waals surface area contributed by atoms with Crippen LogP contribution in [0.25, 0.3) is 0 Å². The van der Waals surface area contributed by atoms with Gasteiger partial charge in [-0.1, -0.05) is 0 Å². The van der Waals surface area contributed by atoms with Crippen LogP contribution in [0.1, 0.15) is 36.7 Å². The van der Waals surface area contributed by atoms with Gasteiger partial charge in [-0.25, -0.2) is 8.42 Å². The van der Waals surface area contributed by atoms with Gasteiger partial charge in [0.25, 0.3) is 0 Å². The van der Waals surface area contributed by atoms with E-state index in [4.69, 9.17) is 0 Å². The van der Waals surface area contributed by atoms with Crippen molar-refractivity contribution in [2.24, 2.45) is 0 Å². The van der Waals surface area contributed by atoms with E-state index in [9.17, 15) is 8.42 Å². The van der Waals surface area contributed by atoms with Gasteiger partial charge in [-0.05, 0) is 45.2 Å². The molecule has 0 atom stereocenters. The Kier molecular flexibility index (Phi) is 4.36. The van der Waals surface area contributed by atoms with Crippen LogP contribution in [0.4, 0.5) is 0 Å². The van der Waals surface area contributed by atoms with E-state index in [1.54, 1.807) is 0 Å². The molecule has 1 saturated heterocycles. The lowest BCUT2D eigenvalue weighted by atomic mass is 10.1. The fraction of sp³-hybridized carbons (Fsp3) is 0.714. The SMILES string of the molecule is CCn1c(C)cc(CNC2CCS(=O)(=O)CC2)c1C. The van der Waals surface area contributed by atoms with Gasteiger partial charge in [0.05, 0.1) is 11.5 Å². The van der Waals surface area contributed by atoms with Gasteiger partial charge >= 0.3 is 0 Å². The van der Waals surface area contributed by atoms with Crippen molar-refractivity contribution in [2.45, 2.75) is 52.7 Å². The largest absolute Gasteiger partial charge is 0.349 e. The lowest BCUT2D eigenvalue weighted by Crippen LogP contribution is -2.37. The van der Waals surface area contributed by atoms with Crippen LogP contribution < -0.4 is 5.32 Å². The van der Waals surface area contributed by atoms with E-state index in [1.165, 1.54) is 17.0 Å². The number of sulfone groups is 1. The van der Waals surface area contributed by atoms with E-state index >= 15 is 0 Å². The molecule has 2 heterocycles. The highest BCUT2D eigenvalue weighted by atomic mass is 32.2. The Bertz CT molecular complexity index is 532. The molecule has 1 aliphatic rings. The minimum atomic E-state index is -2.76. The zero-order valence-corrected chi connectivity index (χ0v) is 12.9. The topological polar surface area (TPSA) is 51.1 Å². The highest BCUT2D eigenvalue weighted by Crippen LogP contribution is 2.17. The summed E-state index contributed by atoms with van der Waals surface area (Å²) in [5.41, 5.74) is 3.94. The molecule has 0 bridgehead atoms. The molecular formula is C14H24N2O2S. The van der Waals surface area contributed by atoms with E-state index in [-0.39, 0.29) is 0 Å². The van der Waals surface area contributed by atoms with Gasteiger partial charge in [0.2, 0.25) is 0 Å². The maximum Gasteiger partial charge on any atom is 0.150 e. The van der Waals surface area contributed by atoms with Crippen LogP contribution in [0.2, 0.25) is 0 Å². The number of hydrogen-bond donors (Lipinski definition) is 1. The molecule has 1 fully saturated rings. The monoisotopic (exact) mass is 284 g/mol. The number of nitrogens with zero attached hydrogens (tertiary/aromatic N) is 1. The average molecular weight is 284 g/mol. The molecule has 1 aromatic heterocycles. The van der Waals surface area contributed by atoms with Gasteiger partial charge in [-0.2, -0.15) is 0 Å². The quantitative estimate of drug-likeness (QED) is 0.917. The van der Waals surface area contributed by atoms with Crippen molar-refractivity contribution in [2.75, 3.05) is 11.5 Å². The summed E-state index contributed by atoms with van der Waals surface area (Å²) in [6.07, 6.45) is 1.49. The number of hydrogen-bond acceptors (Lipinski definition) is 3. The molecule has 4 nitrogen and oxygen atoms in total. The molecule has 2 rings (SSSR count). The summed E-state index contributed by atoms with van der Waals surface area (Å²) in [5.74, 6) is 0.664. The lowest BCUT2D eigenvalue weighted by molar-refractivity contribution is 0.462. The standard InChI is InChI=1S/C14H24N2O2S/c1-4-16-11(2)9-13(12(16)3)10-15-14-5-7-19(17,18)8-6-14/h9,14-15H,4-8,10H2,1-3H3. The molecule has 0 unspecified atom stereocenters. The number of aromatic nitrogens is 1. The zero-order chi connectivity index (χ0) is 14.0. The second kappa shape index (κ2) is 5.67. The Morgan fingerprint density at radius 1 is 1.32 bits per heavy atom. The first-order valence-electron chi connectivity index (χ1n) is 7.02. The van der Waals surface area contributed by atoms with Crippen molar-refractivity contribution in [1.82, 2.24) is 9.88 Å². The Labute approximate surface area is 116 Å². The van der Waals surface area contributed by atoms with Gasteiger partial charge in [0.15, 0.2) is 0 Å². The molecule has 5 heteroatoms. The first-order chi connectivity index (χ1) is 8.93. The highest BCUT2D eigenvalue weighted by Gasteiger charge is 2.23. The van der Waals surface area contributed by atoms with E-state index in [0.717, 1.165) is 25.9 Å². The number of aryl methyl sites for hydroxylation is 1. The van der Waals surface area contributed by atoms with Crippen LogP contribution >= 0.6 is 0 Å². The first-order valence-corrected chi connectivity index (χ1v) is 8.84. The molecule has 0 aromatic carbocycles. The Morgan fingerprint density at radius 3 is 2.47 bits per heavy atom. The molecule has 1 N–H and O–H groups in total. The summed E-state index contributed by atoms with van der Waals surface area (Å²) in [7, 11) is -2.76. The summed E-state index contributed by atoms with van der Waals surface area (Å²) < 4.78 is 25.1. The second-order valence-corrected chi connectivity index (χ2v) is 7.75. The van der Waals surface area contributed by atoms with Crippen molar-refractivity contribution in [1.29, 1.82) is 0 Å². The number of rotatable bonds is 4. The summed E-state index contributed by atoms with van der Waals surface area (Å²) in [6, 6.07) is 2.57. The van der Waals surface area contributed by atoms with Gasteiger partial charge in [-0.3, -0.25) is 0 Å². The van der Waals surface area contributed by atoms with E-state index < -0.39 is 9.84 Å². The Balaban J connectivity index is 1.93. The molecule has 1 aromatic rings. The van der Waals surface area contributed by atoms with Crippen LogP contribution in [-0.2, 0) is 22.9 Å². The zero-order valence-electron chi connectivity index (χ0n) is 12.1. The lowest BCUT2D eigenvalue weighted by Gasteiger charge is -2.23. The first kappa shape index (κ1) is 14.6. The molecule has 0 aliphatic carbocycles. The maximum absolute atomic E-state index is 11.4. The molecule has 19 heavy (non-hydrogen) atoms. The third-order valence-corrected chi connectivity index (χ3v) is 5.85. The third kappa shape index (κ3) is 3.39. The van der Waals surface area contributed by atoms with Crippen molar-refractivity contribution in [3.8, 4) is 0 Å². The van der Waals surface area contributed by atoms with Gasteiger partial charge in [-0.15, -0.1) is 0 Å². The maximum atomic E-state index is 11.4. The highest BCUT2D eigenvalue weighted by molar-refractivity contribution is 7.91. The van der Waals surface area contributed by atoms with Gasteiger partial charge in [0, 0.05) is 30.5 Å². The molecule has 0 saturated carbocycles. The van der Waals surface area contributed by atoms with E-state index in [2.05, 4.69) is 36.7 Å². The predicted octanol–water partition coefficient (Wildman–Crippen LogP) is 1.79. The second-order valence-electron chi connectivity index (χ2n) is 5.45. The van der Waals surface area contributed by atoms with Crippen molar-refractivity contribution in [3.05, 3.63) is 23.0 Å². The Morgan fingerprint density at radius 2 is 1.95 bits per heavy atom. The molecule has 108 valence electrons. The van der Waals surface area contributed by atoms with Gasteiger partial charge in [0.1, 0.15) is 9.84 Å². The fourth-order valence-electron chi connectivity index (χ4n) is 2.89. The van der Waals surface area contributed by atoms with Crippen LogP contribution in [0.15, 0.2) is 6.07 Å². The smallest absolute Gasteiger partial charge is 0.150 e. The average Bonchev–Trinajstić information content (AvgIpc) is 2.63. The van der Waals surface area contributed by atoms with Crippen molar-refractivity contribution >= 4 is 9.84 Å². The van der Waals surface area contributed by atoms with Gasteiger partial charge < -0.3 is 9.88 Å². The molecule has 0 spiro atoms. The fourth-order valence-corrected chi connectivity index (χ4v) is 4.38. The molecule has 0 radical (unpaired) electrons. The third-order valence-electron chi connectivity index (χ3n) is 4.13. The molecule has 0 amide bonds. The normalized spacial score (nSPS) is 19.7. The van der Waals surface area contributed by atoms with E-state index in [1.807, 2.05) is 0 Å². The van der Waals surface area contributed by atoms with E-state index in [0.29, 0.717) is 17.5 Å². The number of nitrogens with one attached hydrogen (secondary N) is 1. The van der Waals surface area contributed by atoms with Crippen LogP contribution in [-0.4, -0.2) is 30.5 Å². The summed E-state index contributed by atoms with van der Waals surface area (Å²) >= 11 is 0. The van der Waals surface area contributed by atoms with Crippen LogP contribution in [0.3, 0.4) is 0 Å². The van der Waals surface area contributed by atoms with Crippen molar-refractivity contribution in [3.63, 3.8) is 0 Å². The molecular weight excluding hydrogens is 260 g/mol.